The summed E-state index contributed by atoms with van der Waals surface area (Å²) in [6.07, 6.45) is 6.57. The normalized spacial score (nSPS) is 19.0. The minimum Gasteiger partial charge on any atom is -0.444 e. The van der Waals surface area contributed by atoms with Gasteiger partial charge in [0.05, 0.1) is 28.3 Å². The molecule has 6 rings (SSSR count). The van der Waals surface area contributed by atoms with Gasteiger partial charge in [0, 0.05) is 56.2 Å². The molecule has 254 valence electrons. The van der Waals surface area contributed by atoms with Crippen LogP contribution >= 0.6 is 15.9 Å². The molecule has 2 fully saturated rings. The van der Waals surface area contributed by atoms with Crippen LogP contribution in [0.3, 0.4) is 0 Å². The van der Waals surface area contributed by atoms with E-state index in [1.54, 1.807) is 31.2 Å². The van der Waals surface area contributed by atoms with Gasteiger partial charge in [-0.15, -0.1) is 0 Å². The van der Waals surface area contributed by atoms with Crippen LogP contribution in [0.25, 0.3) is 11.3 Å². The fourth-order valence-electron chi connectivity index (χ4n) is 5.80. The third-order valence-electron chi connectivity index (χ3n) is 7.89. The third kappa shape index (κ3) is 8.24. The summed E-state index contributed by atoms with van der Waals surface area (Å²) in [5.74, 6) is 1.36. The van der Waals surface area contributed by atoms with Crippen LogP contribution in [0, 0.1) is 0 Å². The number of anilines is 2. The third-order valence-corrected chi connectivity index (χ3v) is 8.71. The molecule has 4 aromatic rings. The van der Waals surface area contributed by atoms with Gasteiger partial charge in [0.1, 0.15) is 22.8 Å². The van der Waals surface area contributed by atoms with Crippen LogP contribution in [0.2, 0.25) is 0 Å². The first-order valence-corrected chi connectivity index (χ1v) is 16.7. The lowest BCUT2D eigenvalue weighted by molar-refractivity contribution is 0.0187. The molecule has 47 heavy (non-hydrogen) atoms. The van der Waals surface area contributed by atoms with E-state index in [9.17, 15) is 9.59 Å². The number of hydrogen-bond acceptors (Lipinski definition) is 10. The zero-order chi connectivity index (χ0) is 34.1. The Kier molecular flexibility index (Phi) is 9.85. The quantitative estimate of drug-likeness (QED) is 0.266. The molecule has 0 aromatic carbocycles. The highest BCUT2D eigenvalue weighted by molar-refractivity contribution is 9.10. The number of nitrogens with two attached hydrogens (primary N) is 2. The van der Waals surface area contributed by atoms with Gasteiger partial charge in [-0.25, -0.2) is 19.6 Å². The number of fused-ring (bicyclic) bond motifs is 2. The summed E-state index contributed by atoms with van der Waals surface area (Å²) in [6, 6.07) is 5.50. The maximum absolute atomic E-state index is 12.3. The Morgan fingerprint density at radius 3 is 1.89 bits per heavy atom. The van der Waals surface area contributed by atoms with Crippen LogP contribution in [-0.4, -0.2) is 88.6 Å². The molecule has 6 heterocycles. The second-order valence-corrected chi connectivity index (χ2v) is 14.8. The predicted octanol–water partition coefficient (Wildman–Crippen LogP) is 5.61. The fourth-order valence-corrected chi connectivity index (χ4v) is 6.38. The van der Waals surface area contributed by atoms with Gasteiger partial charge in [0.2, 0.25) is 0 Å². The average molecular weight is 714 g/mol. The van der Waals surface area contributed by atoms with E-state index in [1.807, 2.05) is 59.7 Å². The Hall–Kier alpha value is -4.14. The van der Waals surface area contributed by atoms with Gasteiger partial charge >= 0.3 is 12.2 Å². The topological polar surface area (TPSA) is 172 Å². The lowest BCUT2D eigenvalue weighted by Crippen LogP contribution is -2.42. The van der Waals surface area contributed by atoms with E-state index in [0.29, 0.717) is 36.9 Å². The zero-order valence-electron chi connectivity index (χ0n) is 27.9. The van der Waals surface area contributed by atoms with Crippen molar-refractivity contribution in [1.29, 1.82) is 0 Å². The molecule has 15 heteroatoms. The molecule has 0 spiro atoms. The van der Waals surface area contributed by atoms with Crippen LogP contribution < -0.4 is 11.5 Å². The number of nitrogen functional groups attached to an aromatic ring is 2. The molecule has 2 atom stereocenters. The van der Waals surface area contributed by atoms with E-state index in [-0.39, 0.29) is 24.0 Å². The highest BCUT2D eigenvalue weighted by atomic mass is 79.9. The molecule has 2 saturated heterocycles. The summed E-state index contributed by atoms with van der Waals surface area (Å²) in [7, 11) is 0. The highest BCUT2D eigenvalue weighted by Gasteiger charge is 2.32. The van der Waals surface area contributed by atoms with E-state index in [4.69, 9.17) is 20.9 Å². The summed E-state index contributed by atoms with van der Waals surface area (Å²) in [5, 5.41) is 8.30. The Morgan fingerprint density at radius 1 is 0.809 bits per heavy atom. The number of carbonyl (C=O) groups is 2. The molecule has 0 radical (unpaired) electrons. The van der Waals surface area contributed by atoms with E-state index in [2.05, 4.69) is 36.1 Å². The van der Waals surface area contributed by atoms with Crippen LogP contribution in [0.4, 0.5) is 21.2 Å². The number of amides is 2. The number of piperidine rings is 2. The Bertz CT molecular complexity index is 1740. The summed E-state index contributed by atoms with van der Waals surface area (Å²) in [4.78, 5) is 37.4. The molecule has 4 N–H and O–H groups in total. The van der Waals surface area contributed by atoms with Crippen LogP contribution in [-0.2, 0) is 9.47 Å². The molecule has 0 saturated carbocycles. The predicted molar refractivity (Wildman–Crippen MR) is 182 cm³/mol. The molecule has 0 aliphatic carbocycles. The van der Waals surface area contributed by atoms with Crippen molar-refractivity contribution in [2.75, 3.05) is 37.6 Å². The average Bonchev–Trinajstić information content (AvgIpc) is 3.68. The van der Waals surface area contributed by atoms with E-state index < -0.39 is 11.2 Å². The second kappa shape index (κ2) is 13.5. The van der Waals surface area contributed by atoms with E-state index in [0.717, 1.165) is 53.7 Å². The van der Waals surface area contributed by atoms with E-state index >= 15 is 0 Å². The van der Waals surface area contributed by atoms with Crippen LogP contribution in [0.15, 0.2) is 35.1 Å². The number of aromatic nitrogens is 6. The number of hydrogen-bond donors (Lipinski definition) is 2. The van der Waals surface area contributed by atoms with Crippen molar-refractivity contribution < 1.29 is 19.1 Å². The van der Waals surface area contributed by atoms with Crippen LogP contribution in [0.5, 0.6) is 0 Å². The van der Waals surface area contributed by atoms with Gasteiger partial charge < -0.3 is 30.7 Å². The van der Waals surface area contributed by atoms with Gasteiger partial charge in [-0.2, -0.15) is 19.2 Å². The summed E-state index contributed by atoms with van der Waals surface area (Å²) < 4.78 is 14.9. The lowest BCUT2D eigenvalue weighted by Gasteiger charge is -2.34. The number of rotatable bonds is 2. The monoisotopic (exact) mass is 712 g/mol. The lowest BCUT2D eigenvalue weighted by atomic mass is 9.94. The Labute approximate surface area is 282 Å². The van der Waals surface area contributed by atoms with Gasteiger partial charge in [-0.05, 0) is 83.2 Å². The highest BCUT2D eigenvalue weighted by Crippen LogP contribution is 2.34. The smallest absolute Gasteiger partial charge is 0.410 e. The van der Waals surface area contributed by atoms with Crippen molar-refractivity contribution in [3.63, 3.8) is 0 Å². The fraction of sp³-hybridized carbons (Fsp3) is 0.562. The van der Waals surface area contributed by atoms with Crippen molar-refractivity contribution >= 4 is 51.0 Å². The standard InChI is InChI=1S/C16H22BrN5O2.C16H23N5O2/c1-16(2,3)24-15(23)21-8-4-5-10(9-21)13-12(17)14(18)22-11(20-13)6-7-19-22;1-16(2,3)23-15(22)20-8-4-5-11(10-20)12-9-13(17)21-14(19-12)6-7-18-21/h6-7,10H,4-5,8-9,18H2,1-3H3;6-7,9,11H,4-5,8,10,17H2,1-3H3. The molecule has 4 aromatic heterocycles. The molecule has 2 unspecified atom stereocenters. The van der Waals surface area contributed by atoms with Crippen molar-refractivity contribution in [2.45, 2.75) is 90.3 Å². The summed E-state index contributed by atoms with van der Waals surface area (Å²) in [5.41, 5.74) is 14.4. The summed E-state index contributed by atoms with van der Waals surface area (Å²) >= 11 is 3.54. The molecule has 2 aliphatic rings. The zero-order valence-corrected chi connectivity index (χ0v) is 29.5. The first-order chi connectivity index (χ1) is 22.1. The number of likely N-dealkylation sites (tertiary alicyclic amines) is 2. The van der Waals surface area contributed by atoms with Crippen molar-refractivity contribution in [2.24, 2.45) is 0 Å². The van der Waals surface area contributed by atoms with Crippen molar-refractivity contribution in [1.82, 2.24) is 39.0 Å². The van der Waals surface area contributed by atoms with Gasteiger partial charge in [-0.1, -0.05) is 0 Å². The molecular weight excluding hydrogens is 668 g/mol. The molecular formula is C32H45BrN10O4. The summed E-state index contributed by atoms with van der Waals surface area (Å²) in [6.45, 7) is 13.8. The maximum atomic E-state index is 12.3. The number of halogens is 1. The number of carbonyl (C=O) groups excluding carboxylic acids is 2. The largest absolute Gasteiger partial charge is 0.444 e. The Morgan fingerprint density at radius 2 is 1.32 bits per heavy atom. The molecule has 2 aliphatic heterocycles. The first-order valence-electron chi connectivity index (χ1n) is 15.9. The van der Waals surface area contributed by atoms with Gasteiger partial charge in [0.15, 0.2) is 11.3 Å². The van der Waals surface area contributed by atoms with Gasteiger partial charge in [0.25, 0.3) is 0 Å². The van der Waals surface area contributed by atoms with Crippen molar-refractivity contribution in [3.8, 4) is 0 Å². The SMILES string of the molecule is CC(C)(C)OC(=O)N1CCCC(c2cc(N)n3nccc3n2)C1.CC(C)(C)OC(=O)N1CCCC(c2nc3ccnn3c(N)c2Br)C1. The van der Waals surface area contributed by atoms with E-state index in [1.165, 1.54) is 0 Å². The van der Waals surface area contributed by atoms with Gasteiger partial charge in [-0.3, -0.25) is 0 Å². The minimum absolute atomic E-state index is 0.114. The number of nitrogens with zero attached hydrogens (tertiary/aromatic N) is 8. The molecule has 14 nitrogen and oxygen atoms in total. The minimum atomic E-state index is -0.496. The Balaban J connectivity index is 0.000000185. The molecule has 2 amide bonds. The van der Waals surface area contributed by atoms with Crippen LogP contribution in [0.1, 0.15) is 90.4 Å². The first kappa shape index (κ1) is 34.2. The maximum Gasteiger partial charge on any atom is 0.410 e. The number of ether oxygens (including phenoxy) is 2. The molecule has 0 bridgehead atoms. The van der Waals surface area contributed by atoms with Crippen molar-refractivity contribution in [3.05, 3.63) is 46.5 Å². The second-order valence-electron chi connectivity index (χ2n) is 14.0.